The van der Waals surface area contributed by atoms with E-state index in [4.69, 9.17) is 9.97 Å². The molecule has 0 bridgehead atoms. The molecular formula is C22H22N2. The second-order valence-electron chi connectivity index (χ2n) is 7.01. The molecule has 4 rings (SSSR count). The Kier molecular flexibility index (Phi) is 3.49. The van der Waals surface area contributed by atoms with Crippen LogP contribution in [0.15, 0.2) is 54.9 Å². The first-order chi connectivity index (χ1) is 11.6. The molecule has 1 aromatic heterocycles. The molecule has 0 aliphatic heterocycles. The highest BCUT2D eigenvalue weighted by Gasteiger charge is 2.39. The molecule has 2 aromatic carbocycles. The first kappa shape index (κ1) is 15.1. The monoisotopic (exact) mass is 314 g/mol. The minimum absolute atomic E-state index is 0.0229. The molecule has 0 radical (unpaired) electrons. The van der Waals surface area contributed by atoms with E-state index in [2.05, 4.69) is 69.3 Å². The maximum absolute atomic E-state index is 4.72. The lowest BCUT2D eigenvalue weighted by atomic mass is 9.80. The van der Waals surface area contributed by atoms with Crippen LogP contribution in [0, 0.1) is 13.8 Å². The number of aromatic nitrogens is 2. The summed E-state index contributed by atoms with van der Waals surface area (Å²) in [7, 11) is 0. The fraction of sp³-hybridized carbons (Fsp3) is 0.273. The van der Waals surface area contributed by atoms with E-state index in [-0.39, 0.29) is 5.41 Å². The molecule has 2 nitrogen and oxygen atoms in total. The van der Waals surface area contributed by atoms with Crippen molar-refractivity contribution in [3.8, 4) is 11.3 Å². The number of benzene rings is 2. The zero-order valence-electron chi connectivity index (χ0n) is 14.5. The Labute approximate surface area is 143 Å². The van der Waals surface area contributed by atoms with Crippen molar-refractivity contribution >= 4 is 0 Å². The van der Waals surface area contributed by atoms with Crippen molar-refractivity contribution in [1.29, 1.82) is 0 Å². The number of hydrogen-bond donors (Lipinski definition) is 0. The van der Waals surface area contributed by atoms with Gasteiger partial charge in [-0.2, -0.15) is 0 Å². The number of fused-ring (bicyclic) bond motifs is 1. The average molecular weight is 314 g/mol. The highest BCUT2D eigenvalue weighted by atomic mass is 14.9. The molecule has 0 spiro atoms. The predicted molar refractivity (Wildman–Crippen MR) is 98.2 cm³/mol. The Bertz CT molecular complexity index is 879. The Hall–Kier alpha value is -2.48. The number of aryl methyl sites for hydroxylation is 2. The van der Waals surface area contributed by atoms with Gasteiger partial charge < -0.3 is 0 Å². The van der Waals surface area contributed by atoms with Crippen molar-refractivity contribution < 1.29 is 0 Å². The summed E-state index contributed by atoms with van der Waals surface area (Å²) in [5.74, 6) is 0. The summed E-state index contributed by atoms with van der Waals surface area (Å²) < 4.78 is 0. The third-order valence-electron chi connectivity index (χ3n) is 5.47. The van der Waals surface area contributed by atoms with Gasteiger partial charge in [0.05, 0.1) is 11.4 Å². The van der Waals surface area contributed by atoms with E-state index in [9.17, 15) is 0 Å². The van der Waals surface area contributed by atoms with Crippen LogP contribution in [0.25, 0.3) is 11.3 Å². The average Bonchev–Trinajstić information content (AvgIpc) is 2.95. The highest BCUT2D eigenvalue weighted by molar-refractivity contribution is 5.72. The Morgan fingerprint density at radius 3 is 2.29 bits per heavy atom. The normalized spacial score (nSPS) is 19.3. The van der Waals surface area contributed by atoms with Gasteiger partial charge in [0, 0.05) is 16.5 Å². The molecule has 1 heterocycles. The molecule has 0 fully saturated rings. The van der Waals surface area contributed by atoms with Crippen molar-refractivity contribution in [2.45, 2.75) is 39.0 Å². The summed E-state index contributed by atoms with van der Waals surface area (Å²) in [6.07, 6.45) is 3.86. The largest absolute Gasteiger partial charge is 0.240 e. The van der Waals surface area contributed by atoms with E-state index >= 15 is 0 Å². The van der Waals surface area contributed by atoms with Gasteiger partial charge in [0.25, 0.3) is 0 Å². The molecule has 24 heavy (non-hydrogen) atoms. The Morgan fingerprint density at radius 1 is 0.875 bits per heavy atom. The minimum atomic E-state index is -0.0229. The molecule has 2 heteroatoms. The topological polar surface area (TPSA) is 25.8 Å². The van der Waals surface area contributed by atoms with E-state index in [1.54, 1.807) is 6.33 Å². The van der Waals surface area contributed by atoms with E-state index in [1.807, 2.05) is 0 Å². The van der Waals surface area contributed by atoms with Crippen LogP contribution in [0.2, 0.25) is 0 Å². The standard InChI is InChI=1S/C22H22N2/c1-15-8-7-9-16(2)19(15)20-18-12-13-22(3,21(18)24-14-23-20)17-10-5-4-6-11-17/h4-11,14H,12-13H2,1-3H3. The van der Waals surface area contributed by atoms with E-state index in [1.165, 1.54) is 33.5 Å². The van der Waals surface area contributed by atoms with Crippen LogP contribution in [-0.4, -0.2) is 9.97 Å². The molecule has 0 saturated carbocycles. The van der Waals surface area contributed by atoms with Gasteiger partial charge in [-0.3, -0.25) is 0 Å². The lowest BCUT2D eigenvalue weighted by Gasteiger charge is -2.25. The fourth-order valence-corrected chi connectivity index (χ4v) is 4.11. The van der Waals surface area contributed by atoms with Crippen LogP contribution in [0.1, 0.15) is 41.3 Å². The quantitative estimate of drug-likeness (QED) is 0.664. The lowest BCUT2D eigenvalue weighted by molar-refractivity contribution is 0.552. The van der Waals surface area contributed by atoms with Crippen molar-refractivity contribution in [2.24, 2.45) is 0 Å². The molecule has 1 unspecified atom stereocenters. The second kappa shape index (κ2) is 5.55. The minimum Gasteiger partial charge on any atom is -0.240 e. The Morgan fingerprint density at radius 2 is 1.58 bits per heavy atom. The maximum atomic E-state index is 4.72. The van der Waals surface area contributed by atoms with Crippen LogP contribution in [-0.2, 0) is 11.8 Å². The van der Waals surface area contributed by atoms with Gasteiger partial charge in [0.1, 0.15) is 6.33 Å². The summed E-state index contributed by atoms with van der Waals surface area (Å²) in [5, 5.41) is 0. The van der Waals surface area contributed by atoms with Gasteiger partial charge in [-0.05, 0) is 50.3 Å². The smallest absolute Gasteiger partial charge is 0.116 e. The first-order valence-corrected chi connectivity index (χ1v) is 8.58. The highest BCUT2D eigenvalue weighted by Crippen LogP contribution is 2.45. The molecule has 1 atom stereocenters. The van der Waals surface area contributed by atoms with Crippen molar-refractivity contribution in [1.82, 2.24) is 9.97 Å². The van der Waals surface area contributed by atoms with Gasteiger partial charge >= 0.3 is 0 Å². The third-order valence-corrected chi connectivity index (χ3v) is 5.47. The molecule has 1 aliphatic carbocycles. The Balaban J connectivity index is 1.92. The van der Waals surface area contributed by atoms with E-state index in [0.717, 1.165) is 18.5 Å². The summed E-state index contributed by atoms with van der Waals surface area (Å²) in [5.41, 5.74) is 8.79. The third kappa shape index (κ3) is 2.17. The fourth-order valence-electron chi connectivity index (χ4n) is 4.11. The zero-order valence-corrected chi connectivity index (χ0v) is 14.5. The zero-order chi connectivity index (χ0) is 16.7. The van der Waals surface area contributed by atoms with Crippen LogP contribution in [0.4, 0.5) is 0 Å². The van der Waals surface area contributed by atoms with Crippen molar-refractivity contribution in [3.05, 3.63) is 82.8 Å². The van der Waals surface area contributed by atoms with Crippen LogP contribution in [0.5, 0.6) is 0 Å². The van der Waals surface area contributed by atoms with Gasteiger partial charge in [-0.15, -0.1) is 0 Å². The summed E-state index contributed by atoms with van der Waals surface area (Å²) in [6, 6.07) is 17.2. The van der Waals surface area contributed by atoms with Crippen LogP contribution >= 0.6 is 0 Å². The molecular weight excluding hydrogens is 292 g/mol. The predicted octanol–water partition coefficient (Wildman–Crippen LogP) is 5.01. The molecule has 0 amide bonds. The summed E-state index contributed by atoms with van der Waals surface area (Å²) >= 11 is 0. The van der Waals surface area contributed by atoms with E-state index in [0.29, 0.717) is 0 Å². The lowest BCUT2D eigenvalue weighted by Crippen LogP contribution is -2.21. The van der Waals surface area contributed by atoms with Gasteiger partial charge in [-0.1, -0.05) is 48.5 Å². The molecule has 0 saturated heterocycles. The van der Waals surface area contributed by atoms with Gasteiger partial charge in [0.15, 0.2) is 0 Å². The van der Waals surface area contributed by atoms with E-state index < -0.39 is 0 Å². The van der Waals surface area contributed by atoms with Gasteiger partial charge in [0.2, 0.25) is 0 Å². The molecule has 1 aliphatic rings. The van der Waals surface area contributed by atoms with Crippen LogP contribution in [0.3, 0.4) is 0 Å². The van der Waals surface area contributed by atoms with Crippen molar-refractivity contribution in [2.75, 3.05) is 0 Å². The molecule has 0 N–H and O–H groups in total. The van der Waals surface area contributed by atoms with Crippen molar-refractivity contribution in [3.63, 3.8) is 0 Å². The summed E-state index contributed by atoms with van der Waals surface area (Å²) in [6.45, 7) is 6.65. The molecule has 3 aromatic rings. The number of hydrogen-bond acceptors (Lipinski definition) is 2. The SMILES string of the molecule is Cc1cccc(C)c1-c1ncnc2c1CCC2(C)c1ccccc1. The first-order valence-electron chi connectivity index (χ1n) is 8.58. The van der Waals surface area contributed by atoms with Crippen LogP contribution < -0.4 is 0 Å². The number of nitrogens with zero attached hydrogens (tertiary/aromatic N) is 2. The molecule has 120 valence electrons. The number of rotatable bonds is 2. The second-order valence-corrected chi connectivity index (χ2v) is 7.01. The van der Waals surface area contributed by atoms with Gasteiger partial charge in [-0.25, -0.2) is 9.97 Å². The summed E-state index contributed by atoms with van der Waals surface area (Å²) in [4.78, 5) is 9.41. The maximum Gasteiger partial charge on any atom is 0.116 e.